The lowest BCUT2D eigenvalue weighted by molar-refractivity contribution is 0.255. The number of benzene rings is 2. The Morgan fingerprint density at radius 3 is 2.38 bits per heavy atom. The van der Waals surface area contributed by atoms with E-state index in [-0.39, 0.29) is 6.03 Å². The van der Waals surface area contributed by atoms with Crippen LogP contribution >= 0.6 is 11.6 Å². The van der Waals surface area contributed by atoms with Gasteiger partial charge in [0.15, 0.2) is 0 Å². The van der Waals surface area contributed by atoms with Crippen LogP contribution in [0.4, 0.5) is 10.5 Å². The lowest BCUT2D eigenvalue weighted by atomic mass is 10.2. The SMILES string of the molecule is COc1ccc(NC(=O)NC=Cc2ccc(Cl)cc2)cc1. The Bertz CT molecular complexity index is 622. The zero-order valence-corrected chi connectivity index (χ0v) is 12.2. The van der Waals surface area contributed by atoms with Crippen LogP contribution in [0.3, 0.4) is 0 Å². The summed E-state index contributed by atoms with van der Waals surface area (Å²) in [7, 11) is 1.59. The molecule has 2 aromatic carbocycles. The number of ether oxygens (including phenoxy) is 1. The zero-order valence-electron chi connectivity index (χ0n) is 11.5. The molecule has 0 heterocycles. The topological polar surface area (TPSA) is 50.4 Å². The molecule has 0 saturated heterocycles. The molecule has 0 unspecified atom stereocenters. The molecule has 5 heteroatoms. The van der Waals surface area contributed by atoms with Crippen molar-refractivity contribution < 1.29 is 9.53 Å². The molecule has 2 aromatic rings. The fourth-order valence-electron chi connectivity index (χ4n) is 1.63. The minimum atomic E-state index is -0.314. The van der Waals surface area contributed by atoms with E-state index in [1.165, 1.54) is 0 Å². The van der Waals surface area contributed by atoms with E-state index in [1.54, 1.807) is 55.8 Å². The minimum absolute atomic E-state index is 0.314. The van der Waals surface area contributed by atoms with E-state index in [4.69, 9.17) is 16.3 Å². The van der Waals surface area contributed by atoms with Crippen molar-refractivity contribution in [1.82, 2.24) is 5.32 Å². The molecule has 0 aromatic heterocycles. The molecule has 108 valence electrons. The number of urea groups is 1. The molecule has 2 rings (SSSR count). The molecular formula is C16H15ClN2O2. The van der Waals surface area contributed by atoms with Crippen molar-refractivity contribution in [3.05, 3.63) is 65.3 Å². The Kier molecular flexibility index (Phi) is 5.23. The van der Waals surface area contributed by atoms with Gasteiger partial charge in [-0.25, -0.2) is 4.79 Å². The van der Waals surface area contributed by atoms with Crippen molar-refractivity contribution in [2.75, 3.05) is 12.4 Å². The van der Waals surface area contributed by atoms with E-state index >= 15 is 0 Å². The molecule has 2 amide bonds. The average Bonchev–Trinajstić information content (AvgIpc) is 2.50. The predicted molar refractivity (Wildman–Crippen MR) is 85.6 cm³/mol. The average molecular weight is 303 g/mol. The molecule has 0 aliphatic heterocycles. The number of hydrogen-bond acceptors (Lipinski definition) is 2. The standard InChI is InChI=1S/C16H15ClN2O2/c1-21-15-8-6-14(7-9-15)19-16(20)18-11-10-12-2-4-13(17)5-3-12/h2-11H,1H3,(H2,18,19,20). The summed E-state index contributed by atoms with van der Waals surface area (Å²) in [4.78, 5) is 11.7. The summed E-state index contributed by atoms with van der Waals surface area (Å²) in [5.74, 6) is 0.739. The summed E-state index contributed by atoms with van der Waals surface area (Å²) in [5, 5.41) is 6.02. The third-order valence-electron chi connectivity index (χ3n) is 2.71. The van der Waals surface area contributed by atoms with Gasteiger partial charge in [0, 0.05) is 16.9 Å². The van der Waals surface area contributed by atoms with Crippen LogP contribution in [-0.2, 0) is 0 Å². The fourth-order valence-corrected chi connectivity index (χ4v) is 1.75. The normalized spacial score (nSPS) is 10.4. The van der Waals surface area contributed by atoms with Crippen LogP contribution in [0.5, 0.6) is 5.75 Å². The first kappa shape index (κ1) is 14.9. The van der Waals surface area contributed by atoms with Crippen molar-refractivity contribution in [3.8, 4) is 5.75 Å². The Hall–Kier alpha value is -2.46. The van der Waals surface area contributed by atoms with Gasteiger partial charge < -0.3 is 15.4 Å². The summed E-state index contributed by atoms with van der Waals surface area (Å²) in [6.45, 7) is 0. The summed E-state index contributed by atoms with van der Waals surface area (Å²) < 4.78 is 5.05. The monoisotopic (exact) mass is 302 g/mol. The first-order valence-corrected chi connectivity index (χ1v) is 6.69. The third-order valence-corrected chi connectivity index (χ3v) is 2.96. The van der Waals surface area contributed by atoms with Crippen LogP contribution in [-0.4, -0.2) is 13.1 Å². The maximum Gasteiger partial charge on any atom is 0.323 e. The fraction of sp³-hybridized carbons (Fsp3) is 0.0625. The Labute approximate surface area is 128 Å². The first-order chi connectivity index (χ1) is 10.2. The second kappa shape index (κ2) is 7.36. The van der Waals surface area contributed by atoms with Gasteiger partial charge in [0.1, 0.15) is 5.75 Å². The molecule has 0 radical (unpaired) electrons. The maximum absolute atomic E-state index is 11.7. The predicted octanol–water partition coefficient (Wildman–Crippen LogP) is 4.14. The van der Waals surface area contributed by atoms with Gasteiger partial charge in [-0.15, -0.1) is 0 Å². The highest BCUT2D eigenvalue weighted by atomic mass is 35.5. The maximum atomic E-state index is 11.7. The van der Waals surface area contributed by atoms with Crippen LogP contribution in [0, 0.1) is 0 Å². The molecule has 2 N–H and O–H groups in total. The number of amides is 2. The molecule has 4 nitrogen and oxygen atoms in total. The van der Waals surface area contributed by atoms with Gasteiger partial charge in [-0.3, -0.25) is 0 Å². The van der Waals surface area contributed by atoms with Crippen molar-refractivity contribution >= 4 is 29.4 Å². The number of anilines is 1. The highest BCUT2D eigenvalue weighted by molar-refractivity contribution is 6.30. The largest absolute Gasteiger partial charge is 0.497 e. The van der Waals surface area contributed by atoms with Gasteiger partial charge in [-0.05, 0) is 48.0 Å². The zero-order chi connectivity index (χ0) is 15.1. The highest BCUT2D eigenvalue weighted by Crippen LogP contribution is 2.14. The molecule has 0 fully saturated rings. The van der Waals surface area contributed by atoms with Gasteiger partial charge in [0.25, 0.3) is 0 Å². The number of carbonyl (C=O) groups is 1. The van der Waals surface area contributed by atoms with Crippen LogP contribution in [0.2, 0.25) is 5.02 Å². The van der Waals surface area contributed by atoms with Gasteiger partial charge in [0.05, 0.1) is 7.11 Å². The van der Waals surface area contributed by atoms with Gasteiger partial charge in [-0.1, -0.05) is 23.7 Å². The van der Waals surface area contributed by atoms with E-state index in [9.17, 15) is 4.79 Å². The number of rotatable bonds is 4. The number of methoxy groups -OCH3 is 1. The van der Waals surface area contributed by atoms with E-state index in [0.29, 0.717) is 10.7 Å². The molecule has 0 atom stereocenters. The van der Waals surface area contributed by atoms with E-state index < -0.39 is 0 Å². The van der Waals surface area contributed by atoms with Gasteiger partial charge in [0.2, 0.25) is 0 Å². The Morgan fingerprint density at radius 2 is 1.76 bits per heavy atom. The summed E-state index contributed by atoms with van der Waals surface area (Å²) in [6, 6.07) is 14.1. The molecule has 0 spiro atoms. The van der Waals surface area contributed by atoms with Gasteiger partial charge in [-0.2, -0.15) is 0 Å². The summed E-state index contributed by atoms with van der Waals surface area (Å²) >= 11 is 5.80. The Balaban J connectivity index is 1.85. The molecular weight excluding hydrogens is 288 g/mol. The number of nitrogens with one attached hydrogen (secondary N) is 2. The van der Waals surface area contributed by atoms with Crippen molar-refractivity contribution in [3.63, 3.8) is 0 Å². The van der Waals surface area contributed by atoms with E-state index in [1.807, 2.05) is 12.1 Å². The van der Waals surface area contributed by atoms with Crippen LogP contribution in [0.15, 0.2) is 54.7 Å². The second-order valence-electron chi connectivity index (χ2n) is 4.21. The molecule has 0 aliphatic rings. The molecule has 0 saturated carbocycles. The van der Waals surface area contributed by atoms with E-state index in [2.05, 4.69) is 10.6 Å². The first-order valence-electron chi connectivity index (χ1n) is 6.31. The van der Waals surface area contributed by atoms with Crippen molar-refractivity contribution in [1.29, 1.82) is 0 Å². The lowest BCUT2D eigenvalue weighted by Crippen LogP contribution is -2.23. The lowest BCUT2D eigenvalue weighted by Gasteiger charge is -2.05. The summed E-state index contributed by atoms with van der Waals surface area (Å²) in [5.41, 5.74) is 1.64. The van der Waals surface area contributed by atoms with Crippen LogP contribution in [0.1, 0.15) is 5.56 Å². The Morgan fingerprint density at radius 1 is 1.10 bits per heavy atom. The smallest absolute Gasteiger partial charge is 0.323 e. The number of carbonyl (C=O) groups excluding carboxylic acids is 1. The van der Waals surface area contributed by atoms with E-state index in [0.717, 1.165) is 11.3 Å². The quantitative estimate of drug-likeness (QED) is 0.891. The van der Waals surface area contributed by atoms with Crippen molar-refractivity contribution in [2.24, 2.45) is 0 Å². The number of hydrogen-bond donors (Lipinski definition) is 2. The molecule has 21 heavy (non-hydrogen) atoms. The summed E-state index contributed by atoms with van der Waals surface area (Å²) in [6.07, 6.45) is 3.35. The second-order valence-corrected chi connectivity index (χ2v) is 4.65. The van der Waals surface area contributed by atoms with Crippen LogP contribution < -0.4 is 15.4 Å². The molecule has 0 bridgehead atoms. The van der Waals surface area contributed by atoms with Crippen LogP contribution in [0.25, 0.3) is 6.08 Å². The third kappa shape index (κ3) is 4.85. The molecule has 0 aliphatic carbocycles. The van der Waals surface area contributed by atoms with Gasteiger partial charge >= 0.3 is 6.03 Å². The van der Waals surface area contributed by atoms with Crippen molar-refractivity contribution in [2.45, 2.75) is 0 Å². The minimum Gasteiger partial charge on any atom is -0.497 e. The highest BCUT2D eigenvalue weighted by Gasteiger charge is 1.99. The number of halogens is 1.